The first-order chi connectivity index (χ1) is 18.3. The average molecular weight is 615 g/mol. The molecule has 0 spiro atoms. The summed E-state index contributed by atoms with van der Waals surface area (Å²) in [7, 11) is -4.74. The van der Waals surface area contributed by atoms with Crippen LogP contribution >= 0.6 is 0 Å². The molecular formula is C29H51NaO10S. The SMILES string of the molecule is CC(C)C(CCOS(=O)(=O)[O-])CC[C@@H](C)[C@H]1[C@@H](O)[C@H](O)C2[C@]3(O)C[C@@H](O)[C@@]4(O)C[C@@H](O)CC[C@]4(C)C3CC[C@@]21C.[Na+]. The standard InChI is InChI=1S/C29H52O10S.Na/c1-16(2)18(10-13-39-40(36,37)38)7-6-17(3)22-23(32)24(33)25-26(22,4)11-9-20-27(5)12-8-19(30)14-29(27,35)21(31)15-28(20,25)34;/h16-25,30-35H,6-15H2,1-5H3,(H,36,37,38);/q;+1/p-1/t17-,18?,19+,20?,21-,22+,23-,24+,25?,26-,27-,28+,29+;/m1./s1. The van der Waals surface area contributed by atoms with Crippen molar-refractivity contribution in [3.63, 3.8) is 0 Å². The Kier molecular flexibility index (Phi) is 11.0. The predicted molar refractivity (Wildman–Crippen MR) is 145 cm³/mol. The predicted octanol–water partition coefficient (Wildman–Crippen LogP) is -1.29. The summed E-state index contributed by atoms with van der Waals surface area (Å²) in [5, 5.41) is 68.7. The molecule has 0 saturated heterocycles. The monoisotopic (exact) mass is 614 g/mol. The summed E-state index contributed by atoms with van der Waals surface area (Å²) >= 11 is 0. The van der Waals surface area contributed by atoms with E-state index in [0.29, 0.717) is 38.5 Å². The molecule has 0 bridgehead atoms. The third-order valence-corrected chi connectivity index (χ3v) is 12.7. The number of hydrogen-bond acceptors (Lipinski definition) is 10. The molecule has 6 N–H and O–H groups in total. The van der Waals surface area contributed by atoms with E-state index >= 15 is 0 Å². The summed E-state index contributed by atoms with van der Waals surface area (Å²) in [6.45, 7) is 9.85. The first-order valence-electron chi connectivity index (χ1n) is 15.1. The number of hydrogen-bond donors (Lipinski definition) is 6. The van der Waals surface area contributed by atoms with Crippen LogP contribution < -0.4 is 29.6 Å². The van der Waals surface area contributed by atoms with Gasteiger partial charge in [-0.1, -0.05) is 41.0 Å². The Morgan fingerprint density at radius 3 is 2.15 bits per heavy atom. The van der Waals surface area contributed by atoms with Crippen molar-refractivity contribution in [1.29, 1.82) is 0 Å². The molecule has 0 aromatic rings. The van der Waals surface area contributed by atoms with Crippen molar-refractivity contribution in [2.45, 2.75) is 128 Å². The van der Waals surface area contributed by atoms with Crippen LogP contribution in [0.2, 0.25) is 0 Å². The number of aliphatic hydroxyl groups excluding tert-OH is 4. The van der Waals surface area contributed by atoms with Gasteiger partial charge in [0.15, 0.2) is 0 Å². The van der Waals surface area contributed by atoms with Crippen LogP contribution in [0.5, 0.6) is 0 Å². The molecule has 10 nitrogen and oxygen atoms in total. The van der Waals surface area contributed by atoms with Crippen molar-refractivity contribution < 1.29 is 77.4 Å². The minimum atomic E-state index is -4.74. The van der Waals surface area contributed by atoms with Gasteiger partial charge >= 0.3 is 29.6 Å². The van der Waals surface area contributed by atoms with Crippen molar-refractivity contribution in [3.05, 3.63) is 0 Å². The molecule has 0 radical (unpaired) electrons. The molecule has 4 saturated carbocycles. The van der Waals surface area contributed by atoms with Gasteiger partial charge in [-0.25, -0.2) is 8.42 Å². The molecule has 0 heterocycles. The van der Waals surface area contributed by atoms with Gasteiger partial charge in [0.2, 0.25) is 10.4 Å². The quantitative estimate of drug-likeness (QED) is 0.104. The second kappa shape index (κ2) is 12.4. The maximum absolute atomic E-state index is 12.4. The van der Waals surface area contributed by atoms with Crippen molar-refractivity contribution in [2.75, 3.05) is 6.61 Å². The molecule has 0 aromatic heterocycles. The zero-order chi connectivity index (χ0) is 30.1. The van der Waals surface area contributed by atoms with E-state index in [2.05, 4.69) is 4.18 Å². The van der Waals surface area contributed by atoms with Crippen LogP contribution in [0.25, 0.3) is 0 Å². The Bertz CT molecular complexity index is 1030. The van der Waals surface area contributed by atoms with Crippen LogP contribution in [0, 0.1) is 46.3 Å². The number of fused-ring (bicyclic) bond motifs is 5. The zero-order valence-electron chi connectivity index (χ0n) is 25.6. The molecule has 4 rings (SSSR count). The van der Waals surface area contributed by atoms with Gasteiger partial charge in [-0.2, -0.15) is 0 Å². The Hall–Kier alpha value is 0.630. The summed E-state index contributed by atoms with van der Waals surface area (Å²) in [5.41, 5.74) is -4.49. The van der Waals surface area contributed by atoms with Crippen LogP contribution in [0.1, 0.15) is 92.4 Å². The number of rotatable bonds is 9. The smallest absolute Gasteiger partial charge is 0.726 e. The normalized spacial score (nSPS) is 47.6. The Morgan fingerprint density at radius 2 is 1.56 bits per heavy atom. The molecule has 3 unspecified atom stereocenters. The van der Waals surface area contributed by atoms with Crippen LogP contribution in [0.15, 0.2) is 0 Å². The zero-order valence-corrected chi connectivity index (χ0v) is 28.4. The van der Waals surface area contributed by atoms with Gasteiger partial charge in [0, 0.05) is 24.2 Å². The summed E-state index contributed by atoms with van der Waals surface area (Å²) in [5.74, 6) is -1.12. The summed E-state index contributed by atoms with van der Waals surface area (Å²) in [6.07, 6.45) is -0.376. The average Bonchev–Trinajstić information content (AvgIpc) is 3.02. The molecule has 4 fully saturated rings. The van der Waals surface area contributed by atoms with Crippen LogP contribution in [0.4, 0.5) is 0 Å². The van der Waals surface area contributed by atoms with E-state index in [0.717, 1.165) is 6.42 Å². The van der Waals surface area contributed by atoms with Gasteiger partial charge in [-0.3, -0.25) is 4.18 Å². The fraction of sp³-hybridized carbons (Fsp3) is 1.00. The molecule has 12 heteroatoms. The third-order valence-electron chi connectivity index (χ3n) is 12.3. The fourth-order valence-corrected chi connectivity index (χ4v) is 10.6. The van der Waals surface area contributed by atoms with Gasteiger partial charge < -0.3 is 35.2 Å². The molecule has 4 aliphatic carbocycles. The van der Waals surface area contributed by atoms with E-state index < -0.39 is 68.7 Å². The van der Waals surface area contributed by atoms with E-state index in [1.165, 1.54) is 0 Å². The Morgan fingerprint density at radius 1 is 0.927 bits per heavy atom. The molecule has 13 atom stereocenters. The summed E-state index contributed by atoms with van der Waals surface area (Å²) in [4.78, 5) is 0. The maximum atomic E-state index is 12.4. The van der Waals surface area contributed by atoms with Gasteiger partial charge in [0.1, 0.15) is 0 Å². The third kappa shape index (κ3) is 6.11. The van der Waals surface area contributed by atoms with E-state index in [-0.39, 0.29) is 72.7 Å². The largest absolute Gasteiger partial charge is 1.00 e. The van der Waals surface area contributed by atoms with E-state index in [4.69, 9.17) is 0 Å². The fourth-order valence-electron chi connectivity index (χ4n) is 10.3. The van der Waals surface area contributed by atoms with Crippen LogP contribution in [-0.4, -0.2) is 85.8 Å². The summed E-state index contributed by atoms with van der Waals surface area (Å²) in [6, 6.07) is 0. The van der Waals surface area contributed by atoms with Crippen molar-refractivity contribution in [3.8, 4) is 0 Å². The minimum Gasteiger partial charge on any atom is -0.726 e. The van der Waals surface area contributed by atoms with Crippen LogP contribution in [0.3, 0.4) is 0 Å². The van der Waals surface area contributed by atoms with Crippen molar-refractivity contribution in [2.24, 2.45) is 46.3 Å². The Labute approximate surface area is 267 Å². The molecule has 0 amide bonds. The summed E-state index contributed by atoms with van der Waals surface area (Å²) < 4.78 is 37.0. The van der Waals surface area contributed by atoms with E-state index in [1.807, 2.05) is 34.6 Å². The van der Waals surface area contributed by atoms with E-state index in [9.17, 15) is 43.6 Å². The van der Waals surface area contributed by atoms with Gasteiger partial charge in [-0.05, 0) is 73.5 Å². The van der Waals surface area contributed by atoms with Crippen molar-refractivity contribution in [1.82, 2.24) is 0 Å². The van der Waals surface area contributed by atoms with Gasteiger partial charge in [-0.15, -0.1) is 0 Å². The molecule has 41 heavy (non-hydrogen) atoms. The maximum Gasteiger partial charge on any atom is 1.00 e. The Balaban J connectivity index is 0.00000462. The first-order valence-corrected chi connectivity index (χ1v) is 16.4. The van der Waals surface area contributed by atoms with Gasteiger partial charge in [0.05, 0.1) is 42.2 Å². The minimum absolute atomic E-state index is 0. The van der Waals surface area contributed by atoms with Gasteiger partial charge in [0.25, 0.3) is 0 Å². The first kappa shape index (κ1) is 36.1. The van der Waals surface area contributed by atoms with Crippen LogP contribution in [-0.2, 0) is 14.6 Å². The molecular weight excluding hydrogens is 563 g/mol. The molecule has 0 aliphatic heterocycles. The van der Waals surface area contributed by atoms with Crippen molar-refractivity contribution >= 4 is 10.4 Å². The molecule has 4 aliphatic rings. The second-order valence-corrected chi connectivity index (χ2v) is 15.7. The molecule has 234 valence electrons. The topological polar surface area (TPSA) is 188 Å². The van der Waals surface area contributed by atoms with E-state index in [1.54, 1.807) is 0 Å². The number of aliphatic hydroxyl groups is 6. The molecule has 0 aromatic carbocycles. The second-order valence-electron chi connectivity index (χ2n) is 14.6.